The standard InChI is InChI=1S/C29H51NO4S/c1-4-7-8-9-10-11-12-13-14-15-16-17-18-19-23-34-29-21-20-27(35-29)26(31)25-28(32)33-24-22-30(5-2)6-3/h20-21H,4-19,22-25H2,1-3H3. The Kier molecular flexibility index (Phi) is 19.7. The van der Waals surface area contributed by atoms with Crippen molar-refractivity contribution in [2.75, 3.05) is 32.8 Å². The number of hydrogen-bond acceptors (Lipinski definition) is 6. The molecule has 1 aromatic heterocycles. The molecule has 0 aliphatic carbocycles. The lowest BCUT2D eigenvalue weighted by molar-refractivity contribution is -0.142. The Morgan fingerprint density at radius 3 is 1.83 bits per heavy atom. The molecule has 0 unspecified atom stereocenters. The molecule has 0 aromatic carbocycles. The summed E-state index contributed by atoms with van der Waals surface area (Å²) in [6.45, 7) is 9.97. The van der Waals surface area contributed by atoms with E-state index in [1.807, 2.05) is 6.07 Å². The molecule has 0 fully saturated rings. The molecule has 35 heavy (non-hydrogen) atoms. The number of ether oxygens (including phenoxy) is 2. The summed E-state index contributed by atoms with van der Waals surface area (Å²) in [5, 5.41) is 0.748. The first-order valence-corrected chi connectivity index (χ1v) is 15.1. The molecule has 0 saturated heterocycles. The molecule has 0 atom stereocenters. The van der Waals surface area contributed by atoms with Crippen molar-refractivity contribution in [3.63, 3.8) is 0 Å². The van der Waals surface area contributed by atoms with Crippen molar-refractivity contribution in [1.82, 2.24) is 4.90 Å². The number of carbonyl (C=O) groups is 2. The van der Waals surface area contributed by atoms with E-state index in [0.29, 0.717) is 24.6 Å². The van der Waals surface area contributed by atoms with Crippen molar-refractivity contribution in [1.29, 1.82) is 0 Å². The number of Topliss-reactive ketones (excluding diaryl/α,β-unsaturated/α-hetero) is 1. The summed E-state index contributed by atoms with van der Waals surface area (Å²) in [6, 6.07) is 3.57. The number of likely N-dealkylation sites (N-methyl/N-ethyl adjacent to an activating group) is 1. The van der Waals surface area contributed by atoms with Gasteiger partial charge in [0.2, 0.25) is 0 Å². The van der Waals surface area contributed by atoms with Crippen LogP contribution in [0.2, 0.25) is 0 Å². The fraction of sp³-hybridized carbons (Fsp3) is 0.793. The third-order valence-electron chi connectivity index (χ3n) is 6.47. The van der Waals surface area contributed by atoms with Gasteiger partial charge in [0.25, 0.3) is 0 Å². The average Bonchev–Trinajstić information content (AvgIpc) is 3.33. The molecule has 0 N–H and O–H groups in total. The van der Waals surface area contributed by atoms with Gasteiger partial charge in [-0.15, -0.1) is 0 Å². The van der Waals surface area contributed by atoms with Crippen molar-refractivity contribution in [2.24, 2.45) is 0 Å². The topological polar surface area (TPSA) is 55.8 Å². The minimum absolute atomic E-state index is 0.200. The molecule has 0 amide bonds. The summed E-state index contributed by atoms with van der Waals surface area (Å²) < 4.78 is 11.0. The molecule has 1 aromatic rings. The van der Waals surface area contributed by atoms with Crippen molar-refractivity contribution in [2.45, 2.75) is 117 Å². The zero-order valence-electron chi connectivity index (χ0n) is 22.8. The molecule has 0 aliphatic heterocycles. The van der Waals surface area contributed by atoms with Gasteiger partial charge in [-0.25, -0.2) is 0 Å². The Bertz CT molecular complexity index is 657. The maximum Gasteiger partial charge on any atom is 0.313 e. The number of unbranched alkanes of at least 4 members (excludes halogenated alkanes) is 13. The van der Waals surface area contributed by atoms with Crippen LogP contribution in [-0.2, 0) is 9.53 Å². The number of hydrogen-bond donors (Lipinski definition) is 0. The SMILES string of the molecule is CCCCCCCCCCCCCCCCOc1ccc(C(=O)CC(=O)OCCN(CC)CC)s1. The van der Waals surface area contributed by atoms with Gasteiger partial charge >= 0.3 is 5.97 Å². The summed E-state index contributed by atoms with van der Waals surface area (Å²) in [7, 11) is 0. The quantitative estimate of drug-likeness (QED) is 0.0610. The maximum absolute atomic E-state index is 12.3. The Morgan fingerprint density at radius 1 is 0.743 bits per heavy atom. The first-order chi connectivity index (χ1) is 17.1. The fourth-order valence-corrected chi connectivity index (χ4v) is 4.93. The largest absolute Gasteiger partial charge is 0.484 e. The van der Waals surface area contributed by atoms with Gasteiger partial charge in [0.1, 0.15) is 13.0 Å². The van der Waals surface area contributed by atoms with Crippen LogP contribution in [0.1, 0.15) is 127 Å². The third kappa shape index (κ3) is 16.8. The Balaban J connectivity index is 2.00. The minimum Gasteiger partial charge on any atom is -0.484 e. The highest BCUT2D eigenvalue weighted by Crippen LogP contribution is 2.26. The zero-order chi connectivity index (χ0) is 25.6. The maximum atomic E-state index is 12.3. The highest BCUT2D eigenvalue weighted by atomic mass is 32.1. The van der Waals surface area contributed by atoms with Crippen LogP contribution in [0.15, 0.2) is 12.1 Å². The average molecular weight is 510 g/mol. The molecule has 202 valence electrons. The van der Waals surface area contributed by atoms with E-state index >= 15 is 0 Å². The number of esters is 1. The van der Waals surface area contributed by atoms with Crippen LogP contribution in [0.5, 0.6) is 5.06 Å². The highest BCUT2D eigenvalue weighted by molar-refractivity contribution is 7.15. The van der Waals surface area contributed by atoms with Crippen LogP contribution in [-0.4, -0.2) is 49.5 Å². The predicted octanol–water partition coefficient (Wildman–Crippen LogP) is 8.07. The van der Waals surface area contributed by atoms with Crippen LogP contribution in [0.25, 0.3) is 0 Å². The Morgan fingerprint density at radius 2 is 1.29 bits per heavy atom. The van der Waals surface area contributed by atoms with Crippen molar-refractivity contribution in [3.8, 4) is 5.06 Å². The molecule has 0 aliphatic rings. The van der Waals surface area contributed by atoms with E-state index in [9.17, 15) is 9.59 Å². The third-order valence-corrected chi connectivity index (χ3v) is 7.51. The highest BCUT2D eigenvalue weighted by Gasteiger charge is 2.16. The molecule has 0 spiro atoms. The number of carbonyl (C=O) groups excluding carboxylic acids is 2. The molecule has 1 heterocycles. The van der Waals surface area contributed by atoms with E-state index in [0.717, 1.165) is 24.6 Å². The molecule has 5 nitrogen and oxygen atoms in total. The second-order valence-corrected chi connectivity index (χ2v) is 10.5. The van der Waals surface area contributed by atoms with E-state index in [4.69, 9.17) is 9.47 Å². The molecule has 0 saturated carbocycles. The van der Waals surface area contributed by atoms with Crippen molar-refractivity contribution in [3.05, 3.63) is 17.0 Å². The minimum atomic E-state index is -0.458. The Hall–Kier alpha value is -1.40. The van der Waals surface area contributed by atoms with Crippen LogP contribution >= 0.6 is 11.3 Å². The van der Waals surface area contributed by atoms with Gasteiger partial charge < -0.3 is 14.4 Å². The molecular weight excluding hydrogens is 458 g/mol. The van der Waals surface area contributed by atoms with E-state index in [1.165, 1.54) is 94.8 Å². The summed E-state index contributed by atoms with van der Waals surface area (Å²) >= 11 is 1.32. The van der Waals surface area contributed by atoms with E-state index in [2.05, 4.69) is 25.7 Å². The normalized spacial score (nSPS) is 11.2. The van der Waals surface area contributed by atoms with Crippen LogP contribution in [0.3, 0.4) is 0 Å². The first kappa shape index (κ1) is 31.6. The zero-order valence-corrected chi connectivity index (χ0v) is 23.6. The summed E-state index contributed by atoms with van der Waals surface area (Å²) in [6.07, 6.45) is 18.5. The van der Waals surface area contributed by atoms with Gasteiger partial charge in [0, 0.05) is 6.54 Å². The second-order valence-electron chi connectivity index (χ2n) is 9.41. The molecule has 0 radical (unpaired) electrons. The van der Waals surface area contributed by atoms with Gasteiger partial charge in [-0.1, -0.05) is 116 Å². The molecule has 6 heteroatoms. The number of rotatable bonds is 24. The molecule has 0 bridgehead atoms. The fourth-order valence-electron chi connectivity index (χ4n) is 4.11. The summed E-state index contributed by atoms with van der Waals surface area (Å²) in [5.41, 5.74) is 0. The summed E-state index contributed by atoms with van der Waals surface area (Å²) in [5.74, 6) is -0.658. The van der Waals surface area contributed by atoms with E-state index in [1.54, 1.807) is 6.07 Å². The number of thiophene rings is 1. The van der Waals surface area contributed by atoms with Crippen molar-refractivity contribution >= 4 is 23.1 Å². The first-order valence-electron chi connectivity index (χ1n) is 14.2. The van der Waals surface area contributed by atoms with E-state index in [-0.39, 0.29) is 12.2 Å². The Labute approximate surface area is 219 Å². The molecule has 1 rings (SSSR count). The predicted molar refractivity (Wildman–Crippen MR) is 148 cm³/mol. The second kappa shape index (κ2) is 21.8. The van der Waals surface area contributed by atoms with Gasteiger partial charge in [0.05, 0.1) is 11.5 Å². The summed E-state index contributed by atoms with van der Waals surface area (Å²) in [4.78, 5) is 27.0. The number of ketones is 1. The lowest BCUT2D eigenvalue weighted by Gasteiger charge is -2.17. The van der Waals surface area contributed by atoms with E-state index < -0.39 is 5.97 Å². The molecular formula is C29H51NO4S. The van der Waals surface area contributed by atoms with Crippen molar-refractivity contribution < 1.29 is 19.1 Å². The van der Waals surface area contributed by atoms with Gasteiger partial charge in [-0.3, -0.25) is 9.59 Å². The van der Waals surface area contributed by atoms with Crippen LogP contribution < -0.4 is 4.74 Å². The van der Waals surface area contributed by atoms with Gasteiger partial charge in [-0.2, -0.15) is 0 Å². The smallest absolute Gasteiger partial charge is 0.313 e. The lowest BCUT2D eigenvalue weighted by atomic mass is 10.0. The van der Waals surface area contributed by atoms with Gasteiger partial charge in [-0.05, 0) is 31.6 Å². The van der Waals surface area contributed by atoms with Crippen LogP contribution in [0.4, 0.5) is 0 Å². The van der Waals surface area contributed by atoms with Crippen LogP contribution in [0, 0.1) is 0 Å². The lowest BCUT2D eigenvalue weighted by Crippen LogP contribution is -2.28. The van der Waals surface area contributed by atoms with Gasteiger partial charge in [0.15, 0.2) is 10.8 Å². The number of nitrogens with zero attached hydrogens (tertiary/aromatic N) is 1. The monoisotopic (exact) mass is 509 g/mol.